The first-order valence-electron chi connectivity index (χ1n) is 12.4. The van der Waals surface area contributed by atoms with Crippen LogP contribution in [0.25, 0.3) is 22.3 Å². The summed E-state index contributed by atoms with van der Waals surface area (Å²) >= 11 is 0. The standard InChI is InChI=1S/C27H27F3N6O2/c1-17-11-20(38-34-17)15-36-8-5-18(6-9-36)7-10-37-25-4-3-19(12-21(25)27(28,29)30)22-13-24-26(23(14-31)33-22)32-16-35(24)2/h3-4,11-13,16,18H,5-10,15H2,1-2H3. The second kappa shape index (κ2) is 10.5. The molecule has 3 aromatic heterocycles. The van der Waals surface area contributed by atoms with Crippen molar-refractivity contribution < 1.29 is 22.4 Å². The highest BCUT2D eigenvalue weighted by molar-refractivity contribution is 5.84. The highest BCUT2D eigenvalue weighted by Crippen LogP contribution is 2.39. The predicted molar refractivity (Wildman–Crippen MR) is 133 cm³/mol. The van der Waals surface area contributed by atoms with Gasteiger partial charge in [-0.15, -0.1) is 0 Å². The summed E-state index contributed by atoms with van der Waals surface area (Å²) in [5.41, 5.74) is 1.60. The molecule has 4 heterocycles. The first kappa shape index (κ1) is 25.7. The van der Waals surface area contributed by atoms with Gasteiger partial charge in [-0.3, -0.25) is 4.90 Å². The third kappa shape index (κ3) is 5.50. The summed E-state index contributed by atoms with van der Waals surface area (Å²) in [4.78, 5) is 10.7. The van der Waals surface area contributed by atoms with Gasteiger partial charge in [-0.25, -0.2) is 9.97 Å². The first-order valence-corrected chi connectivity index (χ1v) is 12.4. The number of imidazole rings is 1. The van der Waals surface area contributed by atoms with Crippen molar-refractivity contribution in [1.82, 2.24) is 24.6 Å². The Hall–Kier alpha value is -3.91. The number of nitriles is 1. The second-order valence-electron chi connectivity index (χ2n) is 9.69. The lowest BCUT2D eigenvalue weighted by molar-refractivity contribution is -0.138. The Morgan fingerprint density at radius 2 is 1.97 bits per heavy atom. The van der Waals surface area contributed by atoms with Crippen LogP contribution in [0.15, 0.2) is 41.2 Å². The van der Waals surface area contributed by atoms with E-state index in [9.17, 15) is 18.4 Å². The summed E-state index contributed by atoms with van der Waals surface area (Å²) in [5.74, 6) is 1.02. The SMILES string of the molecule is Cc1cc(CN2CCC(CCOc3ccc(-c4cc5c(ncn5C)c(C#N)n4)cc3C(F)(F)F)CC2)on1. The molecule has 0 unspecified atom stereocenters. The number of likely N-dealkylation sites (tertiary alicyclic amines) is 1. The van der Waals surface area contributed by atoms with Gasteiger partial charge in [0.2, 0.25) is 0 Å². The van der Waals surface area contributed by atoms with Gasteiger partial charge < -0.3 is 13.8 Å². The van der Waals surface area contributed by atoms with Crippen LogP contribution in [-0.2, 0) is 19.8 Å². The van der Waals surface area contributed by atoms with Crippen LogP contribution in [0.5, 0.6) is 5.75 Å². The quantitative estimate of drug-likeness (QED) is 0.315. The van der Waals surface area contributed by atoms with E-state index in [1.54, 1.807) is 23.7 Å². The number of ether oxygens (including phenoxy) is 1. The molecule has 1 aromatic carbocycles. The zero-order chi connectivity index (χ0) is 26.9. The van der Waals surface area contributed by atoms with E-state index in [0.29, 0.717) is 29.9 Å². The lowest BCUT2D eigenvalue weighted by atomic mass is 9.94. The van der Waals surface area contributed by atoms with Crippen molar-refractivity contribution in [3.63, 3.8) is 0 Å². The zero-order valence-corrected chi connectivity index (χ0v) is 21.1. The molecule has 0 amide bonds. The summed E-state index contributed by atoms with van der Waals surface area (Å²) in [7, 11) is 1.75. The van der Waals surface area contributed by atoms with Crippen LogP contribution in [0, 0.1) is 24.2 Å². The molecule has 5 rings (SSSR count). The first-order chi connectivity index (χ1) is 18.2. The largest absolute Gasteiger partial charge is 0.493 e. The van der Waals surface area contributed by atoms with Crippen molar-refractivity contribution in [3.8, 4) is 23.1 Å². The Bertz CT molecular complexity index is 1480. The van der Waals surface area contributed by atoms with E-state index < -0.39 is 11.7 Å². The molecule has 0 spiro atoms. The Morgan fingerprint density at radius 3 is 2.66 bits per heavy atom. The fraction of sp³-hybridized carbons (Fsp3) is 0.407. The normalized spacial score (nSPS) is 15.2. The number of aromatic nitrogens is 4. The van der Waals surface area contributed by atoms with Gasteiger partial charge >= 0.3 is 6.18 Å². The molecule has 4 aromatic rings. The molecule has 0 radical (unpaired) electrons. The Labute approximate surface area is 217 Å². The van der Waals surface area contributed by atoms with Crippen LogP contribution in [0.4, 0.5) is 13.2 Å². The third-order valence-corrected chi connectivity index (χ3v) is 6.95. The molecule has 1 fully saturated rings. The van der Waals surface area contributed by atoms with E-state index in [1.807, 2.05) is 19.1 Å². The van der Waals surface area contributed by atoms with Crippen molar-refractivity contribution in [1.29, 1.82) is 5.26 Å². The molecule has 0 bridgehead atoms. The van der Waals surface area contributed by atoms with Crippen molar-refractivity contribution in [2.75, 3.05) is 19.7 Å². The van der Waals surface area contributed by atoms with Gasteiger partial charge in [0.05, 0.1) is 41.9 Å². The number of hydrogen-bond acceptors (Lipinski definition) is 7. The maximum atomic E-state index is 14.0. The lowest BCUT2D eigenvalue weighted by Gasteiger charge is -2.31. The Balaban J connectivity index is 1.25. The van der Waals surface area contributed by atoms with E-state index in [0.717, 1.165) is 43.5 Å². The van der Waals surface area contributed by atoms with Gasteiger partial charge in [0, 0.05) is 18.7 Å². The topological polar surface area (TPSA) is 93.0 Å². The number of alkyl halides is 3. The van der Waals surface area contributed by atoms with E-state index in [-0.39, 0.29) is 29.3 Å². The highest BCUT2D eigenvalue weighted by Gasteiger charge is 2.35. The third-order valence-electron chi connectivity index (χ3n) is 6.95. The summed E-state index contributed by atoms with van der Waals surface area (Å²) in [6, 6.07) is 9.45. The molecule has 38 heavy (non-hydrogen) atoms. The number of fused-ring (bicyclic) bond motifs is 1. The van der Waals surface area contributed by atoms with Gasteiger partial charge in [-0.05, 0) is 69.5 Å². The van der Waals surface area contributed by atoms with Crippen LogP contribution in [0.1, 0.15) is 42.0 Å². The smallest absolute Gasteiger partial charge is 0.419 e. The fourth-order valence-corrected chi connectivity index (χ4v) is 4.87. The molecule has 8 nitrogen and oxygen atoms in total. The summed E-state index contributed by atoms with van der Waals surface area (Å²) in [6.07, 6.45) is -0.491. The number of halogens is 3. The molecule has 0 N–H and O–H groups in total. The molecule has 0 saturated carbocycles. The van der Waals surface area contributed by atoms with E-state index in [4.69, 9.17) is 9.26 Å². The lowest BCUT2D eigenvalue weighted by Crippen LogP contribution is -2.33. The molecular weight excluding hydrogens is 497 g/mol. The summed E-state index contributed by atoms with van der Waals surface area (Å²) in [6.45, 7) is 4.59. The molecule has 1 saturated heterocycles. The number of benzene rings is 1. The monoisotopic (exact) mass is 524 g/mol. The van der Waals surface area contributed by atoms with Crippen LogP contribution in [0.3, 0.4) is 0 Å². The number of nitrogens with zero attached hydrogens (tertiary/aromatic N) is 6. The van der Waals surface area contributed by atoms with E-state index in [1.165, 1.54) is 12.4 Å². The predicted octanol–water partition coefficient (Wildman–Crippen LogP) is 5.50. The van der Waals surface area contributed by atoms with E-state index in [2.05, 4.69) is 20.0 Å². The Kier molecular flexibility index (Phi) is 7.08. The number of aryl methyl sites for hydroxylation is 2. The van der Waals surface area contributed by atoms with Gasteiger partial charge in [0.15, 0.2) is 11.5 Å². The van der Waals surface area contributed by atoms with Crippen LogP contribution < -0.4 is 4.74 Å². The minimum absolute atomic E-state index is 0.0639. The number of piperidine rings is 1. The second-order valence-corrected chi connectivity index (χ2v) is 9.69. The number of pyridine rings is 1. The average molecular weight is 525 g/mol. The van der Waals surface area contributed by atoms with Crippen molar-refractivity contribution in [3.05, 3.63) is 59.4 Å². The van der Waals surface area contributed by atoms with Crippen molar-refractivity contribution in [2.24, 2.45) is 13.0 Å². The molecule has 0 atom stereocenters. The zero-order valence-electron chi connectivity index (χ0n) is 21.1. The average Bonchev–Trinajstić information content (AvgIpc) is 3.48. The minimum Gasteiger partial charge on any atom is -0.493 e. The maximum absolute atomic E-state index is 14.0. The van der Waals surface area contributed by atoms with E-state index >= 15 is 0 Å². The van der Waals surface area contributed by atoms with Gasteiger partial charge in [-0.1, -0.05) is 5.16 Å². The van der Waals surface area contributed by atoms with Gasteiger partial charge in [0.25, 0.3) is 0 Å². The molecule has 1 aliphatic rings. The van der Waals surface area contributed by atoms with Crippen molar-refractivity contribution >= 4 is 11.0 Å². The van der Waals surface area contributed by atoms with Gasteiger partial charge in [-0.2, -0.15) is 18.4 Å². The molecule has 198 valence electrons. The molecule has 11 heteroatoms. The fourth-order valence-electron chi connectivity index (χ4n) is 4.87. The van der Waals surface area contributed by atoms with Gasteiger partial charge in [0.1, 0.15) is 17.3 Å². The summed E-state index contributed by atoms with van der Waals surface area (Å²) in [5, 5.41) is 13.4. The molecular formula is C27H27F3N6O2. The van der Waals surface area contributed by atoms with Crippen LogP contribution >= 0.6 is 0 Å². The Morgan fingerprint density at radius 1 is 1.18 bits per heavy atom. The van der Waals surface area contributed by atoms with Crippen molar-refractivity contribution in [2.45, 2.75) is 38.9 Å². The number of rotatable bonds is 7. The van der Waals surface area contributed by atoms with Crippen LogP contribution in [0.2, 0.25) is 0 Å². The summed E-state index contributed by atoms with van der Waals surface area (Å²) < 4.78 is 54.6. The highest BCUT2D eigenvalue weighted by atomic mass is 19.4. The molecule has 0 aliphatic carbocycles. The van der Waals surface area contributed by atoms with Crippen LogP contribution in [-0.4, -0.2) is 44.3 Å². The minimum atomic E-state index is -4.61. The number of hydrogen-bond donors (Lipinski definition) is 0. The maximum Gasteiger partial charge on any atom is 0.419 e. The molecule has 1 aliphatic heterocycles.